The number of sulfone groups is 1. The number of nitro benzene ring substituents is 1. The minimum atomic E-state index is -4.31. The number of hydrogen-bond acceptors (Lipinski definition) is 9. The van der Waals surface area contributed by atoms with Gasteiger partial charge in [-0.2, -0.15) is 0 Å². The van der Waals surface area contributed by atoms with Gasteiger partial charge in [-0.05, 0) is 19.1 Å². The highest BCUT2D eigenvalue weighted by Crippen LogP contribution is 2.32. The van der Waals surface area contributed by atoms with E-state index in [0.717, 1.165) is 12.1 Å². The average molecular weight is 442 g/mol. The van der Waals surface area contributed by atoms with Gasteiger partial charge in [-0.25, -0.2) is 8.42 Å². The number of rotatable bonds is 6. The summed E-state index contributed by atoms with van der Waals surface area (Å²) in [5.74, 6) is -3.16. The van der Waals surface area contributed by atoms with Crippen LogP contribution in [0.4, 0.5) is 5.69 Å². The third kappa shape index (κ3) is 4.60. The van der Waals surface area contributed by atoms with Gasteiger partial charge in [-0.1, -0.05) is 0 Å². The standard InChI is InChI=1S/C18H22N2O9S/c1-2-27-16(21)12-30(25,26)15-4-3-13(11-14(15)20(23)24)17(22)19-7-5-18(6-8-19)28-9-10-29-18/h3-4,11H,2,5-10,12H2,1H3. The SMILES string of the molecule is CCOC(=O)CS(=O)(=O)c1ccc(C(=O)N2CCC3(CC2)OCCO3)cc1[N+](=O)[O-]. The number of likely N-dealkylation sites (tertiary alicyclic amines) is 1. The predicted octanol–water partition coefficient (Wildman–Crippen LogP) is 0.911. The zero-order valence-electron chi connectivity index (χ0n) is 16.4. The molecule has 1 aromatic carbocycles. The van der Waals surface area contributed by atoms with Gasteiger partial charge in [0.15, 0.2) is 21.4 Å². The van der Waals surface area contributed by atoms with Crippen LogP contribution in [0.15, 0.2) is 23.1 Å². The Bertz CT molecular complexity index is 944. The molecule has 1 spiro atoms. The van der Waals surface area contributed by atoms with Crippen molar-refractivity contribution in [2.24, 2.45) is 0 Å². The molecule has 1 amide bonds. The number of piperidine rings is 1. The van der Waals surface area contributed by atoms with E-state index in [2.05, 4.69) is 4.74 Å². The highest BCUT2D eigenvalue weighted by molar-refractivity contribution is 7.92. The highest BCUT2D eigenvalue weighted by Gasteiger charge is 2.41. The summed E-state index contributed by atoms with van der Waals surface area (Å²) in [6.45, 7) is 3.19. The molecule has 0 aliphatic carbocycles. The molecule has 0 bridgehead atoms. The third-order valence-electron chi connectivity index (χ3n) is 4.98. The molecule has 2 aliphatic rings. The van der Waals surface area contributed by atoms with E-state index in [1.54, 1.807) is 0 Å². The molecule has 0 saturated carbocycles. The molecule has 0 radical (unpaired) electrons. The molecule has 2 fully saturated rings. The number of ether oxygens (including phenoxy) is 3. The van der Waals surface area contributed by atoms with Crippen molar-refractivity contribution < 1.29 is 37.1 Å². The maximum Gasteiger partial charge on any atom is 0.321 e. The second kappa shape index (κ2) is 8.66. The molecular formula is C18H22N2O9S. The van der Waals surface area contributed by atoms with E-state index >= 15 is 0 Å². The fraction of sp³-hybridized carbons (Fsp3) is 0.556. The summed E-state index contributed by atoms with van der Waals surface area (Å²) in [5, 5.41) is 11.5. The molecule has 30 heavy (non-hydrogen) atoms. The molecule has 164 valence electrons. The zero-order chi connectivity index (χ0) is 21.9. The number of carbonyl (C=O) groups excluding carboxylic acids is 2. The molecule has 0 unspecified atom stereocenters. The van der Waals surface area contributed by atoms with Gasteiger partial charge in [0.05, 0.1) is 24.7 Å². The van der Waals surface area contributed by atoms with Crippen LogP contribution in [0, 0.1) is 10.1 Å². The Morgan fingerprint density at radius 3 is 2.43 bits per heavy atom. The van der Waals surface area contributed by atoms with E-state index in [1.807, 2.05) is 0 Å². The number of nitro groups is 1. The van der Waals surface area contributed by atoms with Crippen LogP contribution < -0.4 is 0 Å². The maximum atomic E-state index is 12.8. The Kier molecular flexibility index (Phi) is 6.38. The number of benzene rings is 1. The summed E-state index contributed by atoms with van der Waals surface area (Å²) >= 11 is 0. The van der Waals surface area contributed by atoms with Crippen molar-refractivity contribution in [2.75, 3.05) is 38.7 Å². The Hall–Kier alpha value is -2.57. The van der Waals surface area contributed by atoms with Crippen LogP contribution in [0.3, 0.4) is 0 Å². The summed E-state index contributed by atoms with van der Waals surface area (Å²) in [5.41, 5.74) is -0.776. The largest absolute Gasteiger partial charge is 0.465 e. The lowest BCUT2D eigenvalue weighted by Gasteiger charge is -2.37. The lowest BCUT2D eigenvalue weighted by molar-refractivity contribution is -0.387. The Morgan fingerprint density at radius 2 is 1.87 bits per heavy atom. The molecule has 0 aromatic heterocycles. The van der Waals surface area contributed by atoms with Gasteiger partial charge in [0.1, 0.15) is 4.90 Å². The first-order valence-electron chi connectivity index (χ1n) is 9.41. The van der Waals surface area contributed by atoms with Crippen LogP contribution in [-0.2, 0) is 28.8 Å². The number of carbonyl (C=O) groups is 2. The molecule has 12 heteroatoms. The molecule has 0 N–H and O–H groups in total. The number of hydrogen-bond donors (Lipinski definition) is 0. The smallest absolute Gasteiger partial charge is 0.321 e. The van der Waals surface area contributed by atoms with Crippen LogP contribution in [-0.4, -0.2) is 74.6 Å². The lowest BCUT2D eigenvalue weighted by atomic mass is 10.0. The van der Waals surface area contributed by atoms with E-state index in [4.69, 9.17) is 9.47 Å². The van der Waals surface area contributed by atoms with Crippen molar-refractivity contribution in [3.63, 3.8) is 0 Å². The highest BCUT2D eigenvalue weighted by atomic mass is 32.2. The predicted molar refractivity (Wildman–Crippen MR) is 102 cm³/mol. The minimum Gasteiger partial charge on any atom is -0.465 e. The van der Waals surface area contributed by atoms with E-state index in [-0.39, 0.29) is 12.2 Å². The zero-order valence-corrected chi connectivity index (χ0v) is 17.2. The fourth-order valence-electron chi connectivity index (χ4n) is 3.51. The molecule has 2 heterocycles. The van der Waals surface area contributed by atoms with Crippen molar-refractivity contribution in [3.8, 4) is 0 Å². The van der Waals surface area contributed by atoms with E-state index in [9.17, 15) is 28.1 Å². The second-order valence-corrected chi connectivity index (χ2v) is 8.86. The van der Waals surface area contributed by atoms with Gasteiger partial charge in [0.2, 0.25) is 0 Å². The third-order valence-corrected chi connectivity index (χ3v) is 6.61. The van der Waals surface area contributed by atoms with Gasteiger partial charge in [0.25, 0.3) is 11.6 Å². The van der Waals surface area contributed by atoms with Crippen molar-refractivity contribution >= 4 is 27.4 Å². The summed E-state index contributed by atoms with van der Waals surface area (Å²) in [6, 6.07) is 3.11. The second-order valence-electron chi connectivity index (χ2n) is 6.90. The topological polar surface area (TPSA) is 142 Å². The van der Waals surface area contributed by atoms with Crippen LogP contribution in [0.1, 0.15) is 30.1 Å². The monoisotopic (exact) mass is 442 g/mol. The van der Waals surface area contributed by atoms with Crippen molar-refractivity contribution in [2.45, 2.75) is 30.4 Å². The van der Waals surface area contributed by atoms with E-state index < -0.39 is 48.8 Å². The molecule has 1 aromatic rings. The van der Waals surface area contributed by atoms with Crippen LogP contribution in [0.2, 0.25) is 0 Å². The quantitative estimate of drug-likeness (QED) is 0.357. The molecule has 2 aliphatic heterocycles. The summed E-state index contributed by atoms with van der Waals surface area (Å²) in [6.07, 6.45) is 0.958. The number of esters is 1. The Morgan fingerprint density at radius 1 is 1.23 bits per heavy atom. The minimum absolute atomic E-state index is 0.0130. The lowest BCUT2D eigenvalue weighted by Crippen LogP contribution is -2.47. The van der Waals surface area contributed by atoms with E-state index in [0.29, 0.717) is 39.1 Å². The number of nitrogens with zero attached hydrogens (tertiary/aromatic N) is 2. The molecule has 11 nitrogen and oxygen atoms in total. The van der Waals surface area contributed by atoms with E-state index in [1.165, 1.54) is 17.9 Å². The van der Waals surface area contributed by atoms with Crippen LogP contribution in [0.25, 0.3) is 0 Å². The molecule has 2 saturated heterocycles. The summed E-state index contributed by atoms with van der Waals surface area (Å²) in [7, 11) is -4.31. The molecular weight excluding hydrogens is 420 g/mol. The Labute approximate surface area is 173 Å². The average Bonchev–Trinajstić information content (AvgIpc) is 3.15. The van der Waals surface area contributed by atoms with Crippen molar-refractivity contribution in [1.82, 2.24) is 4.90 Å². The van der Waals surface area contributed by atoms with Gasteiger partial charge in [-0.3, -0.25) is 19.7 Å². The van der Waals surface area contributed by atoms with Crippen LogP contribution in [0.5, 0.6) is 0 Å². The number of amides is 1. The normalized spacial score (nSPS) is 18.4. The summed E-state index contributed by atoms with van der Waals surface area (Å²) in [4.78, 5) is 35.8. The van der Waals surface area contributed by atoms with Gasteiger partial charge in [0, 0.05) is 37.6 Å². The van der Waals surface area contributed by atoms with Crippen molar-refractivity contribution in [3.05, 3.63) is 33.9 Å². The van der Waals surface area contributed by atoms with Gasteiger partial charge < -0.3 is 19.1 Å². The maximum absolute atomic E-state index is 12.8. The Balaban J connectivity index is 1.80. The first kappa shape index (κ1) is 22.1. The first-order chi connectivity index (χ1) is 14.2. The van der Waals surface area contributed by atoms with Gasteiger partial charge in [-0.15, -0.1) is 0 Å². The van der Waals surface area contributed by atoms with Gasteiger partial charge >= 0.3 is 5.97 Å². The molecule has 3 rings (SSSR count). The van der Waals surface area contributed by atoms with Crippen molar-refractivity contribution in [1.29, 1.82) is 0 Å². The first-order valence-corrected chi connectivity index (χ1v) is 11.1. The molecule has 0 atom stereocenters. The van der Waals surface area contributed by atoms with Crippen LogP contribution >= 0.6 is 0 Å². The fourth-order valence-corrected chi connectivity index (χ4v) is 4.79. The summed E-state index contributed by atoms with van der Waals surface area (Å²) < 4.78 is 40.7.